The maximum Gasteiger partial charge on any atom is 0.259 e. The van der Waals surface area contributed by atoms with Gasteiger partial charge in [-0.05, 0) is 79.2 Å². The zero-order chi connectivity index (χ0) is 55.1. The van der Waals surface area contributed by atoms with Gasteiger partial charge >= 0.3 is 0 Å². The molecule has 22 heteroatoms. The number of pyridine rings is 3. The van der Waals surface area contributed by atoms with Gasteiger partial charge in [0.15, 0.2) is 0 Å². The number of sulfone groups is 1. The minimum Gasteiger partial charge on any atom is -0.352 e. The molecule has 1 aliphatic rings. The highest BCUT2D eigenvalue weighted by Gasteiger charge is 2.36. The standard InChI is InChI=1S/C20H21ClN4OS.C20H23ClN4OS.C15H12ClN3O3S/c1-3-27-9-8-14-12-25(14)20-22-11-13-10-16(15-6-4-5-7-17(15)21)19(26)24(2)18(13)23-20;1-4-27-10-9-13(2)23-20-22-12-14-11-16(15-7-5-6-8-17(15)21)19(26)25(3)18(14)24-20;1-19-13-9(8-17-15(18-13)23(2,21)22)7-11(14(19)20)10-5-3-4-6-12(10)16/h4-7,10-11,14H,3,8-9,12H2,1-2H3;5-8,11-13H,4,9-10H2,1-3H3,(H,22,23,24);3-8H,1-2H3. The van der Waals surface area contributed by atoms with E-state index in [2.05, 4.69) is 60.9 Å². The summed E-state index contributed by atoms with van der Waals surface area (Å²) in [6, 6.07) is 27.8. The van der Waals surface area contributed by atoms with Crippen LogP contribution in [0.2, 0.25) is 15.1 Å². The van der Waals surface area contributed by atoms with Crippen LogP contribution in [0.5, 0.6) is 0 Å². The van der Waals surface area contributed by atoms with E-state index in [4.69, 9.17) is 34.8 Å². The second-order valence-electron chi connectivity index (χ2n) is 18.2. The summed E-state index contributed by atoms with van der Waals surface area (Å²) in [7, 11) is 1.45. The van der Waals surface area contributed by atoms with E-state index in [1.165, 1.54) is 17.8 Å². The number of thioether (sulfide) groups is 2. The third kappa shape index (κ3) is 13.2. The second kappa shape index (κ2) is 25.0. The third-order valence-corrected chi connectivity index (χ3v) is 16.4. The molecular weight excluding hydrogens is 1100 g/mol. The number of hydrogen-bond acceptors (Lipinski definition) is 15. The van der Waals surface area contributed by atoms with E-state index >= 15 is 0 Å². The van der Waals surface area contributed by atoms with Gasteiger partial charge in [0, 0.05) is 123 Å². The predicted octanol–water partition coefficient (Wildman–Crippen LogP) is 10.6. The van der Waals surface area contributed by atoms with Crippen molar-refractivity contribution in [3.8, 4) is 33.4 Å². The van der Waals surface area contributed by atoms with Crippen LogP contribution >= 0.6 is 58.3 Å². The molecule has 0 saturated carbocycles. The monoisotopic (exact) mass is 1150 g/mol. The van der Waals surface area contributed by atoms with E-state index in [1.54, 1.807) is 78.1 Å². The molecule has 1 aliphatic heterocycles. The normalized spacial score (nSPS) is 13.5. The fourth-order valence-corrected chi connectivity index (χ4v) is 11.2. The number of rotatable bonds is 15. The number of halogens is 3. The number of aryl methyl sites for hydroxylation is 3. The molecule has 0 bridgehead atoms. The van der Waals surface area contributed by atoms with Crippen molar-refractivity contribution in [1.82, 2.24) is 43.6 Å². The molecule has 1 saturated heterocycles. The molecule has 7 heterocycles. The Labute approximate surface area is 469 Å². The first kappa shape index (κ1) is 56.8. The van der Waals surface area contributed by atoms with Crippen LogP contribution in [0.4, 0.5) is 11.9 Å². The molecule has 0 amide bonds. The van der Waals surface area contributed by atoms with E-state index in [1.807, 2.05) is 72.1 Å². The predicted molar refractivity (Wildman–Crippen MR) is 318 cm³/mol. The Morgan fingerprint density at radius 3 is 1.51 bits per heavy atom. The molecule has 400 valence electrons. The van der Waals surface area contributed by atoms with Crippen molar-refractivity contribution in [3.05, 3.63) is 156 Å². The van der Waals surface area contributed by atoms with Crippen LogP contribution < -0.4 is 26.9 Å². The van der Waals surface area contributed by atoms with Crippen LogP contribution in [-0.2, 0) is 31.0 Å². The minimum absolute atomic E-state index is 0.109. The van der Waals surface area contributed by atoms with Gasteiger partial charge in [0.2, 0.25) is 26.9 Å². The first-order valence-electron chi connectivity index (χ1n) is 24.6. The van der Waals surface area contributed by atoms with Crippen LogP contribution in [0.25, 0.3) is 66.5 Å². The van der Waals surface area contributed by atoms with Crippen molar-refractivity contribution < 1.29 is 8.42 Å². The van der Waals surface area contributed by atoms with Crippen LogP contribution in [0.3, 0.4) is 0 Å². The van der Waals surface area contributed by atoms with Gasteiger partial charge in [-0.15, -0.1) is 0 Å². The zero-order valence-electron chi connectivity index (χ0n) is 43.4. The van der Waals surface area contributed by atoms with Crippen molar-refractivity contribution in [2.24, 2.45) is 21.1 Å². The Bertz CT molecular complexity index is 3950. The van der Waals surface area contributed by atoms with Gasteiger partial charge in [0.25, 0.3) is 16.7 Å². The first-order chi connectivity index (χ1) is 36.9. The number of nitrogens with zero attached hydrogens (tertiary/aromatic N) is 10. The lowest BCUT2D eigenvalue weighted by Crippen LogP contribution is -2.22. The van der Waals surface area contributed by atoms with E-state index < -0.39 is 9.84 Å². The summed E-state index contributed by atoms with van der Waals surface area (Å²) in [6.07, 6.45) is 8.13. The molecule has 3 aromatic carbocycles. The molecule has 6 aromatic heterocycles. The van der Waals surface area contributed by atoms with Gasteiger partial charge in [-0.3, -0.25) is 28.1 Å². The lowest BCUT2D eigenvalue weighted by atomic mass is 10.1. The highest BCUT2D eigenvalue weighted by atomic mass is 35.5. The number of benzene rings is 3. The number of hydrogen-bond donors (Lipinski definition) is 1. The minimum atomic E-state index is -3.55. The molecule has 16 nitrogen and oxygen atoms in total. The molecular formula is C55H56Cl3N11O5S3. The van der Waals surface area contributed by atoms with E-state index in [0.717, 1.165) is 65.0 Å². The summed E-state index contributed by atoms with van der Waals surface area (Å²) < 4.78 is 27.6. The maximum absolute atomic E-state index is 12.9. The van der Waals surface area contributed by atoms with E-state index in [0.29, 0.717) is 77.5 Å². The molecule has 0 radical (unpaired) electrons. The van der Waals surface area contributed by atoms with Gasteiger partial charge < -0.3 is 10.2 Å². The maximum atomic E-state index is 12.9. The zero-order valence-corrected chi connectivity index (χ0v) is 48.1. The first-order valence-corrected chi connectivity index (χ1v) is 30.0. The molecule has 77 heavy (non-hydrogen) atoms. The van der Waals surface area contributed by atoms with Crippen LogP contribution in [0.1, 0.15) is 33.6 Å². The fourth-order valence-electron chi connectivity index (χ4n) is 8.45. The summed E-state index contributed by atoms with van der Waals surface area (Å²) >= 11 is 22.6. The Hall–Kier alpha value is -6.35. The average molecular weight is 1150 g/mol. The molecule has 0 spiro atoms. The SMILES string of the molecule is CCSCCC(C)Nc1ncc2cc(-c3ccccc3Cl)c(=O)n(C)c2n1.CCSCCC1CN1c1ncc2cc(-c3ccccc3Cl)c(=O)n(C)c2n1.Cn1c(=O)c(-c2ccccc2Cl)cc2cnc(S(C)(=O)=O)nc21. The Morgan fingerprint density at radius 2 is 1.04 bits per heavy atom. The summed E-state index contributed by atoms with van der Waals surface area (Å²) in [5.74, 6) is 5.76. The van der Waals surface area contributed by atoms with Crippen molar-refractivity contribution >= 4 is 113 Å². The fraction of sp³-hybridized carbons (Fsp3) is 0.291. The molecule has 1 N–H and O–H groups in total. The van der Waals surface area contributed by atoms with E-state index in [9.17, 15) is 22.8 Å². The Kier molecular flexibility index (Phi) is 18.4. The third-order valence-electron chi connectivity index (χ3n) is 12.7. The molecule has 1 fully saturated rings. The van der Waals surface area contributed by atoms with Crippen molar-refractivity contribution in [1.29, 1.82) is 0 Å². The highest BCUT2D eigenvalue weighted by Crippen LogP contribution is 2.32. The molecule has 2 atom stereocenters. The molecule has 2 unspecified atom stereocenters. The summed E-state index contributed by atoms with van der Waals surface area (Å²) in [5, 5.41) is 6.75. The van der Waals surface area contributed by atoms with Crippen LogP contribution in [0, 0.1) is 0 Å². The largest absolute Gasteiger partial charge is 0.352 e. The van der Waals surface area contributed by atoms with E-state index in [-0.39, 0.29) is 33.5 Å². The van der Waals surface area contributed by atoms with Gasteiger partial charge in [-0.2, -0.15) is 38.5 Å². The van der Waals surface area contributed by atoms with Crippen LogP contribution in [-0.4, -0.2) is 99.9 Å². The van der Waals surface area contributed by atoms with Gasteiger partial charge in [-0.1, -0.05) is 103 Å². The number of anilines is 2. The molecule has 0 aliphatic carbocycles. The van der Waals surface area contributed by atoms with Crippen molar-refractivity contribution in [2.45, 2.75) is 50.9 Å². The summed E-state index contributed by atoms with van der Waals surface area (Å²) in [5.41, 5.74) is 4.50. The second-order valence-corrected chi connectivity index (χ2v) is 24.1. The van der Waals surface area contributed by atoms with Crippen molar-refractivity contribution in [2.75, 3.05) is 46.0 Å². The Balaban J connectivity index is 0.000000153. The lowest BCUT2D eigenvalue weighted by Gasteiger charge is -2.15. The molecule has 9 aromatic rings. The van der Waals surface area contributed by atoms with Crippen molar-refractivity contribution in [3.63, 3.8) is 0 Å². The van der Waals surface area contributed by atoms with Gasteiger partial charge in [0.1, 0.15) is 16.9 Å². The molecule has 10 rings (SSSR count). The van der Waals surface area contributed by atoms with Gasteiger partial charge in [-0.25, -0.2) is 23.4 Å². The van der Waals surface area contributed by atoms with Crippen LogP contribution in [0.15, 0.2) is 129 Å². The number of fused-ring (bicyclic) bond motifs is 3. The lowest BCUT2D eigenvalue weighted by molar-refractivity contribution is 0.593. The topological polar surface area (TPSA) is 193 Å². The summed E-state index contributed by atoms with van der Waals surface area (Å²) in [4.78, 5) is 66.6. The number of nitrogens with one attached hydrogen (secondary N) is 1. The smallest absolute Gasteiger partial charge is 0.259 e. The highest BCUT2D eigenvalue weighted by molar-refractivity contribution is 7.99. The quantitative estimate of drug-likeness (QED) is 0.0579. The average Bonchev–Trinajstić information content (AvgIpc) is 4.26. The summed E-state index contributed by atoms with van der Waals surface area (Å²) in [6.45, 7) is 7.44. The Morgan fingerprint density at radius 1 is 0.610 bits per heavy atom. The van der Waals surface area contributed by atoms with Gasteiger partial charge in [0.05, 0.1) is 6.04 Å². The number of aromatic nitrogens is 9.